The molecular weight excluding hydrogens is 256 g/mol. The molecule has 1 aromatic heterocycles. The monoisotopic (exact) mass is 268 g/mol. The summed E-state index contributed by atoms with van der Waals surface area (Å²) < 4.78 is 0. The Bertz CT molecular complexity index is 487. The topological polar surface area (TPSA) is 45.1 Å². The van der Waals surface area contributed by atoms with E-state index in [1.54, 1.807) is 35.7 Å². The Morgan fingerprint density at radius 2 is 2.35 bits per heavy atom. The molecule has 0 radical (unpaired) electrons. The number of halogens is 1. The van der Waals surface area contributed by atoms with Gasteiger partial charge in [-0.2, -0.15) is 0 Å². The minimum atomic E-state index is 0.161. The molecule has 0 saturated heterocycles. The second kappa shape index (κ2) is 5.49. The van der Waals surface area contributed by atoms with E-state index in [-0.39, 0.29) is 11.8 Å². The Kier molecular flexibility index (Phi) is 3.99. The predicted octanol–water partition coefficient (Wildman–Crippen LogP) is 3.35. The van der Waals surface area contributed by atoms with Crippen LogP contribution >= 0.6 is 22.9 Å². The summed E-state index contributed by atoms with van der Waals surface area (Å²) in [5.41, 5.74) is 0.793. The van der Waals surface area contributed by atoms with E-state index < -0.39 is 0 Å². The number of nitrogens with zero attached hydrogens (tertiary/aromatic N) is 1. The van der Waals surface area contributed by atoms with Crippen LogP contribution in [0.1, 0.15) is 23.5 Å². The highest BCUT2D eigenvalue weighted by atomic mass is 35.5. The minimum Gasteiger partial charge on any atom is -0.508 e. The minimum absolute atomic E-state index is 0.161. The molecule has 1 atom stereocenters. The molecule has 0 saturated carbocycles. The van der Waals surface area contributed by atoms with Crippen LogP contribution in [0.3, 0.4) is 0 Å². The molecule has 2 aromatic rings. The molecule has 0 bridgehead atoms. The fraction of sp³-hybridized carbons (Fsp3) is 0.250. The molecule has 5 heteroatoms. The normalized spacial score (nSPS) is 12.6. The van der Waals surface area contributed by atoms with Gasteiger partial charge in [-0.05, 0) is 25.1 Å². The standard InChI is InChI=1S/C12H13ClN2OS/c1-8(12-14-4-5-17-12)15-7-9-6-10(13)2-3-11(9)16/h2-6,8,15-16H,7H2,1H3. The van der Waals surface area contributed by atoms with Gasteiger partial charge >= 0.3 is 0 Å². The lowest BCUT2D eigenvalue weighted by Crippen LogP contribution is -2.17. The van der Waals surface area contributed by atoms with E-state index in [4.69, 9.17) is 11.6 Å². The van der Waals surface area contributed by atoms with Crippen LogP contribution in [0, 0.1) is 0 Å². The smallest absolute Gasteiger partial charge is 0.120 e. The second-order valence-corrected chi connectivity index (χ2v) is 5.11. The summed E-state index contributed by atoms with van der Waals surface area (Å²) >= 11 is 7.49. The predicted molar refractivity (Wildman–Crippen MR) is 70.5 cm³/mol. The lowest BCUT2D eigenvalue weighted by atomic mass is 10.2. The summed E-state index contributed by atoms with van der Waals surface area (Å²) in [6, 6.07) is 5.20. The number of aromatic hydroxyl groups is 1. The molecule has 0 aliphatic carbocycles. The molecule has 90 valence electrons. The van der Waals surface area contributed by atoms with Crippen molar-refractivity contribution in [1.29, 1.82) is 0 Å². The molecule has 0 fully saturated rings. The van der Waals surface area contributed by atoms with Crippen LogP contribution in [0.4, 0.5) is 0 Å². The molecule has 0 aliphatic heterocycles. The lowest BCUT2D eigenvalue weighted by Gasteiger charge is -2.12. The van der Waals surface area contributed by atoms with Crippen LogP contribution in [0.5, 0.6) is 5.75 Å². The quantitative estimate of drug-likeness (QED) is 0.894. The molecule has 2 rings (SSSR count). The summed E-state index contributed by atoms with van der Waals surface area (Å²) in [5, 5.41) is 16.6. The van der Waals surface area contributed by atoms with Crippen molar-refractivity contribution >= 4 is 22.9 Å². The maximum absolute atomic E-state index is 9.67. The van der Waals surface area contributed by atoms with E-state index in [1.165, 1.54) is 0 Å². The van der Waals surface area contributed by atoms with Crippen LogP contribution in [-0.4, -0.2) is 10.1 Å². The van der Waals surface area contributed by atoms with E-state index in [0.29, 0.717) is 11.6 Å². The number of phenolic OH excluding ortho intramolecular Hbond substituents is 1. The third kappa shape index (κ3) is 3.19. The fourth-order valence-electron chi connectivity index (χ4n) is 1.49. The molecule has 1 heterocycles. The zero-order valence-electron chi connectivity index (χ0n) is 9.35. The fourth-order valence-corrected chi connectivity index (χ4v) is 2.36. The van der Waals surface area contributed by atoms with Crippen LogP contribution < -0.4 is 5.32 Å². The highest BCUT2D eigenvalue weighted by Gasteiger charge is 2.08. The van der Waals surface area contributed by atoms with Gasteiger partial charge < -0.3 is 10.4 Å². The van der Waals surface area contributed by atoms with Gasteiger partial charge in [-0.25, -0.2) is 4.98 Å². The number of hydrogen-bond donors (Lipinski definition) is 2. The maximum atomic E-state index is 9.67. The van der Waals surface area contributed by atoms with Gasteiger partial charge in [0, 0.05) is 28.7 Å². The Labute approximate surface area is 109 Å². The molecule has 1 unspecified atom stereocenters. The van der Waals surface area contributed by atoms with E-state index in [0.717, 1.165) is 10.6 Å². The molecule has 0 amide bonds. The lowest BCUT2D eigenvalue weighted by molar-refractivity contribution is 0.460. The Balaban J connectivity index is 2.00. The van der Waals surface area contributed by atoms with Crippen molar-refractivity contribution in [3.63, 3.8) is 0 Å². The van der Waals surface area contributed by atoms with Crippen LogP contribution in [-0.2, 0) is 6.54 Å². The van der Waals surface area contributed by atoms with Gasteiger partial charge in [-0.15, -0.1) is 11.3 Å². The molecule has 2 N–H and O–H groups in total. The van der Waals surface area contributed by atoms with Crippen molar-refractivity contribution in [2.45, 2.75) is 19.5 Å². The summed E-state index contributed by atoms with van der Waals surface area (Å²) in [6.45, 7) is 2.60. The number of benzene rings is 1. The first-order chi connectivity index (χ1) is 8.16. The second-order valence-electron chi connectivity index (χ2n) is 3.75. The number of hydrogen-bond acceptors (Lipinski definition) is 4. The number of rotatable bonds is 4. The summed E-state index contributed by atoms with van der Waals surface area (Å²) in [4.78, 5) is 4.24. The van der Waals surface area contributed by atoms with Gasteiger partial charge in [-0.1, -0.05) is 11.6 Å². The molecule has 0 aliphatic rings. The van der Waals surface area contributed by atoms with E-state index in [2.05, 4.69) is 10.3 Å². The van der Waals surface area contributed by atoms with E-state index in [1.807, 2.05) is 12.3 Å². The first-order valence-electron chi connectivity index (χ1n) is 5.27. The highest BCUT2D eigenvalue weighted by Crippen LogP contribution is 2.22. The average Bonchev–Trinajstić information content (AvgIpc) is 2.83. The first-order valence-corrected chi connectivity index (χ1v) is 6.53. The zero-order chi connectivity index (χ0) is 12.3. The number of phenols is 1. The molecule has 0 spiro atoms. The van der Waals surface area contributed by atoms with Crippen molar-refractivity contribution in [1.82, 2.24) is 10.3 Å². The summed E-state index contributed by atoms with van der Waals surface area (Å²) in [6.07, 6.45) is 1.79. The Morgan fingerprint density at radius 1 is 1.53 bits per heavy atom. The Hall–Kier alpha value is -1.10. The third-order valence-electron chi connectivity index (χ3n) is 2.46. The van der Waals surface area contributed by atoms with Crippen molar-refractivity contribution < 1.29 is 5.11 Å². The number of aromatic nitrogens is 1. The Morgan fingerprint density at radius 3 is 3.06 bits per heavy atom. The van der Waals surface area contributed by atoms with Crippen molar-refractivity contribution in [2.24, 2.45) is 0 Å². The van der Waals surface area contributed by atoms with Crippen molar-refractivity contribution in [3.8, 4) is 5.75 Å². The van der Waals surface area contributed by atoms with Gasteiger partial charge in [0.1, 0.15) is 10.8 Å². The van der Waals surface area contributed by atoms with Crippen molar-refractivity contribution in [2.75, 3.05) is 0 Å². The average molecular weight is 269 g/mol. The summed E-state index contributed by atoms with van der Waals surface area (Å²) in [7, 11) is 0. The maximum Gasteiger partial charge on any atom is 0.120 e. The van der Waals surface area contributed by atoms with E-state index in [9.17, 15) is 5.11 Å². The molecule has 1 aromatic carbocycles. The molecule has 3 nitrogen and oxygen atoms in total. The van der Waals surface area contributed by atoms with Gasteiger partial charge in [0.15, 0.2) is 0 Å². The first kappa shape index (κ1) is 12.4. The van der Waals surface area contributed by atoms with E-state index >= 15 is 0 Å². The van der Waals surface area contributed by atoms with Crippen LogP contribution in [0.25, 0.3) is 0 Å². The zero-order valence-corrected chi connectivity index (χ0v) is 10.9. The van der Waals surface area contributed by atoms with Gasteiger partial charge in [0.25, 0.3) is 0 Å². The van der Waals surface area contributed by atoms with Crippen LogP contribution in [0.15, 0.2) is 29.8 Å². The van der Waals surface area contributed by atoms with Gasteiger partial charge in [0.2, 0.25) is 0 Å². The van der Waals surface area contributed by atoms with Gasteiger partial charge in [-0.3, -0.25) is 0 Å². The number of thiazole rings is 1. The number of nitrogens with one attached hydrogen (secondary N) is 1. The van der Waals surface area contributed by atoms with Crippen molar-refractivity contribution in [3.05, 3.63) is 45.4 Å². The highest BCUT2D eigenvalue weighted by molar-refractivity contribution is 7.09. The molecule has 17 heavy (non-hydrogen) atoms. The molecular formula is C12H13ClN2OS. The third-order valence-corrected chi connectivity index (χ3v) is 3.66. The SMILES string of the molecule is CC(NCc1cc(Cl)ccc1O)c1nccs1. The van der Waals surface area contributed by atoms with Gasteiger partial charge in [0.05, 0.1) is 6.04 Å². The summed E-state index contributed by atoms with van der Waals surface area (Å²) in [5.74, 6) is 0.258. The van der Waals surface area contributed by atoms with Crippen LogP contribution in [0.2, 0.25) is 5.02 Å². The largest absolute Gasteiger partial charge is 0.508 e.